The average molecular weight is 204 g/mol. The molecule has 0 aromatic carbocycles. The van der Waals surface area contributed by atoms with Crippen molar-refractivity contribution >= 4 is 0 Å². The van der Waals surface area contributed by atoms with Gasteiger partial charge in [0.15, 0.2) is 0 Å². The smallest absolute Gasteiger partial charge is 0.167 e. The van der Waals surface area contributed by atoms with E-state index in [1.54, 1.807) is 0 Å². The van der Waals surface area contributed by atoms with Crippen LogP contribution in [0.2, 0.25) is 0 Å². The third-order valence-corrected chi connectivity index (χ3v) is 0.993. The van der Waals surface area contributed by atoms with Crippen LogP contribution in [0.25, 0.3) is 0 Å². The molecule has 0 atom stereocenters. The highest BCUT2D eigenvalue weighted by Gasteiger charge is 2.36. The number of hydrogen-bond acceptors (Lipinski definition) is 0. The first-order chi connectivity index (χ1) is 5.67. The molecule has 0 rings (SSSR count). The van der Waals surface area contributed by atoms with Crippen LogP contribution >= 0.6 is 0 Å². The summed E-state index contributed by atoms with van der Waals surface area (Å²) in [4.78, 5) is 0. The Morgan fingerprint density at radius 3 is 1.69 bits per heavy atom. The normalized spacial score (nSPS) is 15.5. The first-order valence-electron chi connectivity index (χ1n) is 3.16. The van der Waals surface area contributed by atoms with Crippen molar-refractivity contribution in [1.82, 2.24) is 0 Å². The van der Waals surface area contributed by atoms with Crippen molar-refractivity contribution in [3.8, 4) is 0 Å². The van der Waals surface area contributed by atoms with Crippen molar-refractivity contribution in [2.75, 3.05) is 0 Å². The molecule has 0 saturated carbocycles. The third-order valence-electron chi connectivity index (χ3n) is 0.993. The van der Waals surface area contributed by atoms with Gasteiger partial charge in [-0.1, -0.05) is 12.2 Å². The Hall–Kier alpha value is -0.940. The minimum Gasteiger partial charge on any atom is -0.167 e. The van der Waals surface area contributed by atoms with Crippen LogP contribution in [0.5, 0.6) is 0 Å². The van der Waals surface area contributed by atoms with Gasteiger partial charge in [0.1, 0.15) is 0 Å². The van der Waals surface area contributed by atoms with Crippen molar-refractivity contribution in [2.45, 2.75) is 19.3 Å². The maximum Gasteiger partial charge on any atom is 0.416 e. The highest BCUT2D eigenvalue weighted by molar-refractivity contribution is 5.24. The average Bonchev–Trinajstić information content (AvgIpc) is 1.81. The Morgan fingerprint density at radius 2 is 1.46 bits per heavy atom. The predicted molar refractivity (Wildman–Crippen MR) is 35.0 cm³/mol. The fourth-order valence-electron chi connectivity index (χ4n) is 0.580. The number of hydrogen-bond donors (Lipinski definition) is 0. The van der Waals surface area contributed by atoms with Gasteiger partial charge in [-0.25, -0.2) is 0 Å². The topological polar surface area (TPSA) is 0 Å². The van der Waals surface area contributed by atoms with E-state index in [2.05, 4.69) is 0 Å². The zero-order chi connectivity index (χ0) is 10.7. The molecule has 6 heteroatoms. The Morgan fingerprint density at radius 1 is 1.00 bits per heavy atom. The van der Waals surface area contributed by atoms with E-state index in [4.69, 9.17) is 0 Å². The van der Waals surface area contributed by atoms with Crippen LogP contribution in [0.15, 0.2) is 23.8 Å². The summed E-state index contributed by atoms with van der Waals surface area (Å²) in [7, 11) is 0. The lowest BCUT2D eigenvalue weighted by Gasteiger charge is -2.08. The molecule has 0 N–H and O–H groups in total. The quantitative estimate of drug-likeness (QED) is 0.452. The SMILES string of the molecule is C/C=C/C(=C\C(F)(F)F)C(F)(F)F. The zero-order valence-corrected chi connectivity index (χ0v) is 6.50. The van der Waals surface area contributed by atoms with Gasteiger partial charge < -0.3 is 0 Å². The lowest BCUT2D eigenvalue weighted by Crippen LogP contribution is -2.14. The molecule has 13 heavy (non-hydrogen) atoms. The molecule has 0 fully saturated rings. The fraction of sp³-hybridized carbons (Fsp3) is 0.429. The van der Waals surface area contributed by atoms with Gasteiger partial charge in [0.2, 0.25) is 0 Å². The largest absolute Gasteiger partial charge is 0.416 e. The van der Waals surface area contributed by atoms with Crippen molar-refractivity contribution in [2.24, 2.45) is 0 Å². The van der Waals surface area contributed by atoms with Crippen LogP contribution in [0.1, 0.15) is 6.92 Å². The molecule has 0 saturated heterocycles. The van der Waals surface area contributed by atoms with Gasteiger partial charge >= 0.3 is 12.4 Å². The molecular weight excluding hydrogens is 198 g/mol. The molecule has 0 unspecified atom stereocenters. The van der Waals surface area contributed by atoms with Gasteiger partial charge in [0.25, 0.3) is 0 Å². The van der Waals surface area contributed by atoms with Crippen LogP contribution in [0.3, 0.4) is 0 Å². The second-order valence-electron chi connectivity index (χ2n) is 2.14. The highest BCUT2D eigenvalue weighted by atomic mass is 19.4. The standard InChI is InChI=1S/C7H6F6/c1-2-3-5(7(11,12)13)4-6(8,9)10/h2-4H,1H3/b3-2+,5-4+. The van der Waals surface area contributed by atoms with E-state index in [0.29, 0.717) is 6.08 Å². The Labute approximate surface area is 70.5 Å². The van der Waals surface area contributed by atoms with Crippen molar-refractivity contribution in [1.29, 1.82) is 0 Å². The summed E-state index contributed by atoms with van der Waals surface area (Å²) in [5, 5.41) is 0. The summed E-state index contributed by atoms with van der Waals surface area (Å²) in [6.45, 7) is 1.20. The van der Waals surface area contributed by atoms with Gasteiger partial charge in [-0.15, -0.1) is 0 Å². The highest BCUT2D eigenvalue weighted by Crippen LogP contribution is 2.30. The van der Waals surface area contributed by atoms with E-state index in [1.807, 2.05) is 0 Å². The number of halogens is 6. The minimum atomic E-state index is -4.97. The maximum absolute atomic E-state index is 11.8. The molecule has 0 heterocycles. The first kappa shape index (κ1) is 12.1. The summed E-state index contributed by atoms with van der Waals surface area (Å²) in [6.07, 6.45) is -9.43. The van der Waals surface area contributed by atoms with Crippen molar-refractivity contribution in [3.05, 3.63) is 23.8 Å². The maximum atomic E-state index is 11.8. The van der Waals surface area contributed by atoms with E-state index in [0.717, 1.165) is 6.08 Å². The molecule has 0 aliphatic rings. The number of allylic oxidation sites excluding steroid dienone is 4. The molecule has 0 amide bonds. The predicted octanol–water partition coefficient (Wildman–Crippen LogP) is 3.61. The molecule has 0 aliphatic heterocycles. The molecular formula is C7H6F6. The molecule has 0 aliphatic carbocycles. The van der Waals surface area contributed by atoms with E-state index < -0.39 is 24.0 Å². The monoisotopic (exact) mass is 204 g/mol. The second-order valence-corrected chi connectivity index (χ2v) is 2.14. The number of rotatable bonds is 1. The molecule has 0 radical (unpaired) electrons. The lowest BCUT2D eigenvalue weighted by molar-refractivity contribution is -0.104. The molecule has 0 bridgehead atoms. The van der Waals surface area contributed by atoms with E-state index in [9.17, 15) is 26.3 Å². The Balaban J connectivity index is 4.94. The van der Waals surface area contributed by atoms with Gasteiger partial charge in [-0.2, -0.15) is 26.3 Å². The van der Waals surface area contributed by atoms with Crippen LogP contribution in [0, 0.1) is 0 Å². The van der Waals surface area contributed by atoms with Crippen molar-refractivity contribution < 1.29 is 26.3 Å². The minimum absolute atomic E-state index is 0.369. The molecule has 0 nitrogen and oxygen atoms in total. The summed E-state index contributed by atoms with van der Waals surface area (Å²) >= 11 is 0. The molecule has 76 valence electrons. The summed E-state index contributed by atoms with van der Waals surface area (Å²) in [5.41, 5.74) is -1.71. The summed E-state index contributed by atoms with van der Waals surface area (Å²) in [5.74, 6) is 0. The second kappa shape index (κ2) is 3.85. The zero-order valence-electron chi connectivity index (χ0n) is 6.50. The van der Waals surface area contributed by atoms with Gasteiger partial charge in [-0.05, 0) is 6.92 Å². The Kier molecular flexibility index (Phi) is 3.57. The van der Waals surface area contributed by atoms with Gasteiger partial charge in [0.05, 0.1) is 5.57 Å². The van der Waals surface area contributed by atoms with Crippen LogP contribution in [-0.2, 0) is 0 Å². The van der Waals surface area contributed by atoms with Crippen molar-refractivity contribution in [3.63, 3.8) is 0 Å². The van der Waals surface area contributed by atoms with Crippen LogP contribution in [-0.4, -0.2) is 12.4 Å². The van der Waals surface area contributed by atoms with E-state index >= 15 is 0 Å². The van der Waals surface area contributed by atoms with E-state index in [1.165, 1.54) is 6.92 Å². The molecule has 0 aromatic rings. The first-order valence-corrected chi connectivity index (χ1v) is 3.16. The van der Waals surface area contributed by atoms with Gasteiger partial charge in [0, 0.05) is 6.08 Å². The van der Waals surface area contributed by atoms with Crippen LogP contribution < -0.4 is 0 Å². The van der Waals surface area contributed by atoms with Crippen LogP contribution in [0.4, 0.5) is 26.3 Å². The molecule has 0 spiro atoms. The van der Waals surface area contributed by atoms with Gasteiger partial charge in [-0.3, -0.25) is 0 Å². The summed E-state index contributed by atoms with van der Waals surface area (Å²) in [6, 6.07) is 0. The third kappa shape index (κ3) is 5.32. The Bertz CT molecular complexity index is 216. The fourth-order valence-corrected chi connectivity index (χ4v) is 0.580. The summed E-state index contributed by atoms with van der Waals surface area (Å²) < 4.78 is 70.1. The van der Waals surface area contributed by atoms with E-state index in [-0.39, 0.29) is 0 Å². The lowest BCUT2D eigenvalue weighted by atomic mass is 10.2. The number of alkyl halides is 6. The molecule has 0 aromatic heterocycles.